The van der Waals surface area contributed by atoms with Crippen molar-refractivity contribution in [2.45, 2.75) is 4.90 Å². The summed E-state index contributed by atoms with van der Waals surface area (Å²) in [6, 6.07) is 4.67. The van der Waals surface area contributed by atoms with Gasteiger partial charge in [-0.3, -0.25) is 0 Å². The van der Waals surface area contributed by atoms with Crippen LogP contribution in [0.1, 0.15) is 0 Å². The number of benzene rings is 1. The van der Waals surface area contributed by atoms with Crippen LogP contribution in [0.15, 0.2) is 29.2 Å². The first-order valence-electron chi connectivity index (χ1n) is 3.95. The number of thiocarbonyl (C=S) groups is 1. The van der Waals surface area contributed by atoms with Gasteiger partial charge in [-0.05, 0) is 18.2 Å². The Balaban J connectivity index is 2.91. The van der Waals surface area contributed by atoms with E-state index in [0.29, 0.717) is 0 Å². The molecule has 1 aromatic rings. The molecule has 0 aromatic heterocycles. The normalized spacial score (nSPS) is 11.3. The molecule has 0 atom stereocenters. The monoisotopic (exact) mass is 248 g/mol. The molecule has 0 aliphatic carbocycles. The standard InChI is InChI=1S/C8H9FN2O2S2/c9-6-2-1-3-7(4-6)15(12,13)11-5-8(10)14/h1-4,11H,5H2,(H2,10,14). The molecule has 82 valence electrons. The minimum Gasteiger partial charge on any atom is -0.392 e. The summed E-state index contributed by atoms with van der Waals surface area (Å²) in [7, 11) is -3.74. The van der Waals surface area contributed by atoms with Gasteiger partial charge in [-0.25, -0.2) is 17.5 Å². The summed E-state index contributed by atoms with van der Waals surface area (Å²) in [5.74, 6) is -0.617. The van der Waals surface area contributed by atoms with E-state index in [9.17, 15) is 12.8 Å². The van der Waals surface area contributed by atoms with Crippen molar-refractivity contribution >= 4 is 27.2 Å². The molecule has 0 saturated carbocycles. The van der Waals surface area contributed by atoms with Gasteiger partial charge in [0.05, 0.1) is 16.4 Å². The van der Waals surface area contributed by atoms with E-state index in [-0.39, 0.29) is 16.4 Å². The van der Waals surface area contributed by atoms with Gasteiger partial charge in [0.2, 0.25) is 10.0 Å². The van der Waals surface area contributed by atoms with E-state index < -0.39 is 15.8 Å². The average Bonchev–Trinajstić information content (AvgIpc) is 2.15. The van der Waals surface area contributed by atoms with E-state index in [1.165, 1.54) is 12.1 Å². The van der Waals surface area contributed by atoms with E-state index in [0.717, 1.165) is 12.1 Å². The maximum atomic E-state index is 12.8. The lowest BCUT2D eigenvalue weighted by molar-refractivity contribution is 0.582. The summed E-state index contributed by atoms with van der Waals surface area (Å²) in [5, 5.41) is 0. The summed E-state index contributed by atoms with van der Waals surface area (Å²) in [5.41, 5.74) is 5.14. The molecule has 15 heavy (non-hydrogen) atoms. The van der Waals surface area contributed by atoms with Crippen LogP contribution in [0.25, 0.3) is 0 Å². The van der Waals surface area contributed by atoms with Gasteiger partial charge in [0.25, 0.3) is 0 Å². The van der Waals surface area contributed by atoms with Crippen molar-refractivity contribution in [2.24, 2.45) is 5.73 Å². The van der Waals surface area contributed by atoms with Crippen LogP contribution in [0.4, 0.5) is 4.39 Å². The third-order valence-corrected chi connectivity index (χ3v) is 3.09. The molecule has 0 fully saturated rings. The van der Waals surface area contributed by atoms with Gasteiger partial charge in [0.15, 0.2) is 0 Å². The SMILES string of the molecule is NC(=S)CNS(=O)(=O)c1cccc(F)c1. The number of rotatable bonds is 4. The zero-order valence-corrected chi connectivity index (χ0v) is 9.24. The van der Waals surface area contributed by atoms with E-state index in [1.54, 1.807) is 0 Å². The number of sulfonamides is 1. The van der Waals surface area contributed by atoms with Crippen molar-refractivity contribution in [3.05, 3.63) is 30.1 Å². The second-order valence-corrected chi connectivity index (χ2v) is 5.04. The van der Waals surface area contributed by atoms with Crippen molar-refractivity contribution in [1.82, 2.24) is 4.72 Å². The Morgan fingerprint density at radius 1 is 1.53 bits per heavy atom. The Morgan fingerprint density at radius 2 is 2.20 bits per heavy atom. The molecule has 0 aliphatic rings. The van der Waals surface area contributed by atoms with Crippen LogP contribution in [0.5, 0.6) is 0 Å². The summed E-state index contributed by atoms with van der Waals surface area (Å²) in [6.07, 6.45) is 0. The predicted octanol–water partition coefficient (Wildman–Crippen LogP) is 0.390. The number of hydrogen-bond donors (Lipinski definition) is 2. The Hall–Kier alpha value is -1.05. The molecule has 0 heterocycles. The molecule has 0 unspecified atom stereocenters. The van der Waals surface area contributed by atoms with Crippen LogP contribution in [-0.2, 0) is 10.0 Å². The lowest BCUT2D eigenvalue weighted by Crippen LogP contribution is -2.32. The van der Waals surface area contributed by atoms with E-state index >= 15 is 0 Å². The highest BCUT2D eigenvalue weighted by atomic mass is 32.2. The second-order valence-electron chi connectivity index (χ2n) is 2.75. The fourth-order valence-electron chi connectivity index (χ4n) is 0.884. The fraction of sp³-hybridized carbons (Fsp3) is 0.125. The van der Waals surface area contributed by atoms with E-state index in [1.807, 2.05) is 0 Å². The maximum absolute atomic E-state index is 12.8. The lowest BCUT2D eigenvalue weighted by Gasteiger charge is -2.05. The molecule has 7 heteroatoms. The third kappa shape index (κ3) is 3.54. The Morgan fingerprint density at radius 3 is 2.73 bits per heavy atom. The molecular formula is C8H9FN2O2S2. The molecule has 3 N–H and O–H groups in total. The topological polar surface area (TPSA) is 72.2 Å². The Labute approximate surface area is 92.3 Å². The second kappa shape index (κ2) is 4.65. The van der Waals surface area contributed by atoms with Gasteiger partial charge in [-0.1, -0.05) is 18.3 Å². The van der Waals surface area contributed by atoms with Crippen LogP contribution in [0, 0.1) is 5.82 Å². The molecule has 0 bridgehead atoms. The van der Waals surface area contributed by atoms with Gasteiger partial charge in [0.1, 0.15) is 5.82 Å². The molecule has 0 amide bonds. The maximum Gasteiger partial charge on any atom is 0.241 e. The van der Waals surface area contributed by atoms with Gasteiger partial charge in [-0.2, -0.15) is 0 Å². The van der Waals surface area contributed by atoms with Gasteiger partial charge < -0.3 is 5.73 Å². The average molecular weight is 248 g/mol. The van der Waals surface area contributed by atoms with Crippen LogP contribution in [-0.4, -0.2) is 20.0 Å². The van der Waals surface area contributed by atoms with Crippen LogP contribution >= 0.6 is 12.2 Å². The highest BCUT2D eigenvalue weighted by Gasteiger charge is 2.13. The summed E-state index contributed by atoms with van der Waals surface area (Å²) in [6.45, 7) is -0.145. The van der Waals surface area contributed by atoms with E-state index in [2.05, 4.69) is 16.9 Å². The summed E-state index contributed by atoms with van der Waals surface area (Å²) < 4.78 is 37.9. The Kier molecular flexibility index (Phi) is 3.72. The third-order valence-electron chi connectivity index (χ3n) is 1.54. The first-order valence-corrected chi connectivity index (χ1v) is 5.84. The van der Waals surface area contributed by atoms with Crippen LogP contribution < -0.4 is 10.5 Å². The zero-order chi connectivity index (χ0) is 11.5. The largest absolute Gasteiger partial charge is 0.392 e. The Bertz CT molecular complexity index is 473. The molecular weight excluding hydrogens is 239 g/mol. The highest BCUT2D eigenvalue weighted by Crippen LogP contribution is 2.09. The van der Waals surface area contributed by atoms with Gasteiger partial charge >= 0.3 is 0 Å². The highest BCUT2D eigenvalue weighted by molar-refractivity contribution is 7.89. The van der Waals surface area contributed by atoms with Crippen molar-refractivity contribution in [3.63, 3.8) is 0 Å². The first kappa shape index (κ1) is 12.0. The molecule has 0 saturated heterocycles. The van der Waals surface area contributed by atoms with Crippen molar-refractivity contribution in [3.8, 4) is 0 Å². The van der Waals surface area contributed by atoms with Crippen LogP contribution in [0.3, 0.4) is 0 Å². The zero-order valence-electron chi connectivity index (χ0n) is 7.60. The van der Waals surface area contributed by atoms with Crippen LogP contribution in [0.2, 0.25) is 0 Å². The summed E-state index contributed by atoms with van der Waals surface area (Å²) >= 11 is 4.52. The number of hydrogen-bond acceptors (Lipinski definition) is 3. The van der Waals surface area contributed by atoms with Crippen molar-refractivity contribution < 1.29 is 12.8 Å². The number of halogens is 1. The quantitative estimate of drug-likeness (QED) is 0.756. The number of nitrogens with two attached hydrogens (primary N) is 1. The minimum absolute atomic E-state index is 0.0231. The molecule has 0 aliphatic heterocycles. The molecule has 4 nitrogen and oxygen atoms in total. The van der Waals surface area contributed by atoms with E-state index in [4.69, 9.17) is 5.73 Å². The molecule has 0 radical (unpaired) electrons. The van der Waals surface area contributed by atoms with Gasteiger partial charge in [-0.15, -0.1) is 0 Å². The van der Waals surface area contributed by atoms with Crippen molar-refractivity contribution in [2.75, 3.05) is 6.54 Å². The molecule has 1 aromatic carbocycles. The van der Waals surface area contributed by atoms with Gasteiger partial charge in [0, 0.05) is 0 Å². The molecule has 0 spiro atoms. The summed E-state index contributed by atoms with van der Waals surface area (Å²) in [4.78, 5) is -0.131. The minimum atomic E-state index is -3.74. The van der Waals surface area contributed by atoms with Crippen molar-refractivity contribution in [1.29, 1.82) is 0 Å². The number of nitrogens with one attached hydrogen (secondary N) is 1. The molecule has 1 rings (SSSR count). The predicted molar refractivity (Wildman–Crippen MR) is 58.4 cm³/mol. The lowest BCUT2D eigenvalue weighted by atomic mass is 10.4. The smallest absolute Gasteiger partial charge is 0.241 e. The first-order chi connectivity index (χ1) is 6.92. The fourth-order valence-corrected chi connectivity index (χ4v) is 2.08.